The van der Waals surface area contributed by atoms with Crippen LogP contribution < -0.4 is 10.1 Å². The van der Waals surface area contributed by atoms with Gasteiger partial charge in [0.05, 0.1) is 12.2 Å². The Balaban J connectivity index is 2.01. The first-order valence-corrected chi connectivity index (χ1v) is 5.56. The van der Waals surface area contributed by atoms with Crippen molar-refractivity contribution >= 4 is 0 Å². The minimum atomic E-state index is -2.78. The van der Waals surface area contributed by atoms with Gasteiger partial charge in [-0.25, -0.2) is 0 Å². The Morgan fingerprint density at radius 3 is 2.59 bits per heavy atom. The lowest BCUT2D eigenvalue weighted by atomic mass is 10.1. The molecule has 1 aromatic carbocycles. The van der Waals surface area contributed by atoms with E-state index in [0.717, 1.165) is 18.7 Å². The molecule has 0 radical (unpaired) electrons. The van der Waals surface area contributed by atoms with Crippen LogP contribution in [0.2, 0.25) is 0 Å². The van der Waals surface area contributed by atoms with Crippen LogP contribution in [0.15, 0.2) is 24.3 Å². The number of rotatable bonds is 3. The number of halogens is 2. The summed E-state index contributed by atoms with van der Waals surface area (Å²) >= 11 is 0. The lowest BCUT2D eigenvalue weighted by molar-refractivity contribution is -0.0499. The largest absolute Gasteiger partial charge is 0.435 e. The predicted molar refractivity (Wildman–Crippen MR) is 59.2 cm³/mol. The summed E-state index contributed by atoms with van der Waals surface area (Å²) < 4.78 is 34.0. The van der Waals surface area contributed by atoms with Crippen LogP contribution in [0.25, 0.3) is 0 Å². The molecule has 1 aliphatic rings. The summed E-state index contributed by atoms with van der Waals surface area (Å²) in [5.41, 5.74) is 0.964. The lowest BCUT2D eigenvalue weighted by Gasteiger charge is -2.29. The van der Waals surface area contributed by atoms with E-state index in [9.17, 15) is 8.78 Å². The smallest absolute Gasteiger partial charge is 0.387 e. The van der Waals surface area contributed by atoms with Gasteiger partial charge in [0, 0.05) is 13.1 Å². The number of nitrogens with one attached hydrogen (secondary N) is 1. The fourth-order valence-corrected chi connectivity index (χ4v) is 1.85. The zero-order valence-electron chi connectivity index (χ0n) is 9.53. The van der Waals surface area contributed by atoms with Gasteiger partial charge in [0.2, 0.25) is 0 Å². The first-order chi connectivity index (χ1) is 8.15. The van der Waals surface area contributed by atoms with Crippen molar-refractivity contribution in [1.29, 1.82) is 0 Å². The van der Waals surface area contributed by atoms with Crippen molar-refractivity contribution in [3.8, 4) is 5.75 Å². The first-order valence-electron chi connectivity index (χ1n) is 5.56. The maximum absolute atomic E-state index is 12.0. The molecular formula is C12H15F2NO2. The third-order valence-corrected chi connectivity index (χ3v) is 2.64. The zero-order valence-corrected chi connectivity index (χ0v) is 9.53. The highest BCUT2D eigenvalue weighted by atomic mass is 19.3. The molecule has 0 aliphatic carbocycles. The number of hydrogen-bond acceptors (Lipinski definition) is 3. The summed E-state index contributed by atoms with van der Waals surface area (Å²) in [6.07, 6.45) is 0.130. The molecule has 0 aromatic heterocycles. The molecule has 1 N–H and O–H groups in total. The highest BCUT2D eigenvalue weighted by Crippen LogP contribution is 2.24. The van der Waals surface area contributed by atoms with Gasteiger partial charge in [-0.05, 0) is 24.6 Å². The van der Waals surface area contributed by atoms with Crippen molar-refractivity contribution < 1.29 is 18.3 Å². The van der Waals surface area contributed by atoms with Crippen LogP contribution >= 0.6 is 0 Å². The third-order valence-electron chi connectivity index (χ3n) is 2.64. The Morgan fingerprint density at radius 1 is 1.29 bits per heavy atom. The maximum Gasteiger partial charge on any atom is 0.387 e. The number of alkyl halides is 2. The summed E-state index contributed by atoms with van der Waals surface area (Å²) in [5, 5.41) is 3.25. The number of hydrogen-bond donors (Lipinski definition) is 1. The highest BCUT2D eigenvalue weighted by Gasteiger charge is 2.20. The Morgan fingerprint density at radius 2 is 2.00 bits per heavy atom. The second kappa shape index (κ2) is 5.42. The molecule has 3 nitrogen and oxygen atoms in total. The molecule has 2 unspecified atom stereocenters. The Bertz CT molecular complexity index is 356. The summed E-state index contributed by atoms with van der Waals surface area (Å²) in [6, 6.07) is 6.57. The van der Waals surface area contributed by atoms with Crippen molar-refractivity contribution in [1.82, 2.24) is 5.32 Å². The van der Waals surface area contributed by atoms with Crippen molar-refractivity contribution in [2.75, 3.05) is 13.1 Å². The van der Waals surface area contributed by atoms with E-state index in [1.807, 2.05) is 6.92 Å². The monoisotopic (exact) mass is 243 g/mol. The summed E-state index contributed by atoms with van der Waals surface area (Å²) in [6.45, 7) is 0.782. The van der Waals surface area contributed by atoms with E-state index in [4.69, 9.17) is 4.74 Å². The van der Waals surface area contributed by atoms with Gasteiger partial charge in [-0.2, -0.15) is 8.78 Å². The van der Waals surface area contributed by atoms with Crippen LogP contribution in [-0.2, 0) is 4.74 Å². The first kappa shape index (κ1) is 12.3. The van der Waals surface area contributed by atoms with Crippen LogP contribution in [-0.4, -0.2) is 25.8 Å². The molecule has 5 heteroatoms. The van der Waals surface area contributed by atoms with Crippen molar-refractivity contribution in [2.45, 2.75) is 25.7 Å². The lowest BCUT2D eigenvalue weighted by Crippen LogP contribution is -2.38. The molecule has 0 bridgehead atoms. The molecule has 0 saturated carbocycles. The van der Waals surface area contributed by atoms with Crippen LogP contribution in [0, 0.1) is 0 Å². The minimum Gasteiger partial charge on any atom is -0.435 e. The average Bonchev–Trinajstić information content (AvgIpc) is 2.29. The van der Waals surface area contributed by atoms with Gasteiger partial charge in [-0.15, -0.1) is 0 Å². The molecule has 1 aromatic rings. The van der Waals surface area contributed by atoms with Crippen molar-refractivity contribution in [2.24, 2.45) is 0 Å². The van der Waals surface area contributed by atoms with Gasteiger partial charge in [0.1, 0.15) is 5.75 Å². The topological polar surface area (TPSA) is 30.5 Å². The molecular weight excluding hydrogens is 228 g/mol. The Kier molecular flexibility index (Phi) is 3.91. The summed E-state index contributed by atoms with van der Waals surface area (Å²) in [4.78, 5) is 0. The number of ether oxygens (including phenoxy) is 2. The fourth-order valence-electron chi connectivity index (χ4n) is 1.85. The summed E-state index contributed by atoms with van der Waals surface area (Å²) in [7, 11) is 0. The molecule has 1 fully saturated rings. The molecule has 1 aliphatic heterocycles. The van der Waals surface area contributed by atoms with Gasteiger partial charge >= 0.3 is 6.61 Å². The van der Waals surface area contributed by atoms with E-state index in [1.165, 1.54) is 12.1 Å². The maximum atomic E-state index is 12.0. The number of benzene rings is 1. The average molecular weight is 243 g/mol. The molecule has 1 heterocycles. The van der Waals surface area contributed by atoms with Crippen LogP contribution in [0.1, 0.15) is 18.6 Å². The molecule has 0 spiro atoms. The SMILES string of the molecule is CC1CNCC(c2ccc(OC(F)F)cc2)O1. The quantitative estimate of drug-likeness (QED) is 0.883. The van der Waals surface area contributed by atoms with Gasteiger partial charge in [0.15, 0.2) is 0 Å². The van der Waals surface area contributed by atoms with E-state index in [0.29, 0.717) is 0 Å². The molecule has 1 saturated heterocycles. The van der Waals surface area contributed by atoms with Gasteiger partial charge in [0.25, 0.3) is 0 Å². The molecule has 94 valence electrons. The predicted octanol–water partition coefficient (Wildman–Crippen LogP) is 2.34. The van der Waals surface area contributed by atoms with E-state index < -0.39 is 6.61 Å². The third kappa shape index (κ3) is 3.38. The highest BCUT2D eigenvalue weighted by molar-refractivity contribution is 5.29. The van der Waals surface area contributed by atoms with Crippen molar-refractivity contribution in [3.63, 3.8) is 0 Å². The normalized spacial score (nSPS) is 24.9. The van der Waals surface area contributed by atoms with E-state index >= 15 is 0 Å². The van der Waals surface area contributed by atoms with E-state index in [2.05, 4.69) is 10.1 Å². The van der Waals surface area contributed by atoms with Gasteiger partial charge in [-0.1, -0.05) is 12.1 Å². The van der Waals surface area contributed by atoms with Crippen LogP contribution in [0.5, 0.6) is 5.75 Å². The molecule has 2 atom stereocenters. The Labute approximate surface area is 98.7 Å². The molecule has 0 amide bonds. The van der Waals surface area contributed by atoms with Crippen LogP contribution in [0.3, 0.4) is 0 Å². The second-order valence-electron chi connectivity index (χ2n) is 4.04. The fraction of sp³-hybridized carbons (Fsp3) is 0.500. The van der Waals surface area contributed by atoms with Gasteiger partial charge in [-0.3, -0.25) is 0 Å². The van der Waals surface area contributed by atoms with Crippen LogP contribution in [0.4, 0.5) is 8.78 Å². The molecule has 2 rings (SSSR count). The Hall–Kier alpha value is -1.20. The van der Waals surface area contributed by atoms with E-state index in [1.54, 1.807) is 12.1 Å². The van der Waals surface area contributed by atoms with Gasteiger partial charge < -0.3 is 14.8 Å². The second-order valence-corrected chi connectivity index (χ2v) is 4.04. The standard InChI is InChI=1S/C12H15F2NO2/c1-8-6-15-7-11(16-8)9-2-4-10(5-3-9)17-12(13)14/h2-5,8,11-12,15H,6-7H2,1H3. The molecule has 17 heavy (non-hydrogen) atoms. The zero-order chi connectivity index (χ0) is 12.3. The summed E-state index contributed by atoms with van der Waals surface area (Å²) in [5.74, 6) is 0.167. The van der Waals surface area contributed by atoms with E-state index in [-0.39, 0.29) is 18.0 Å². The van der Waals surface area contributed by atoms with Crippen molar-refractivity contribution in [3.05, 3.63) is 29.8 Å². The minimum absolute atomic E-state index is 0.0284. The number of morpholine rings is 1.